The van der Waals surface area contributed by atoms with Crippen LogP contribution in [0, 0.1) is 0 Å². The number of hydrogen-bond donors (Lipinski definition) is 0. The second-order valence-corrected chi connectivity index (χ2v) is 9.27. The van der Waals surface area contributed by atoms with Crippen LogP contribution in [-0.4, -0.2) is 37.7 Å². The van der Waals surface area contributed by atoms with Gasteiger partial charge in [-0.15, -0.1) is 0 Å². The zero-order chi connectivity index (χ0) is 26.1. The third kappa shape index (κ3) is 4.48. The van der Waals surface area contributed by atoms with Crippen LogP contribution in [0.2, 0.25) is 0 Å². The summed E-state index contributed by atoms with van der Waals surface area (Å²) < 4.78 is 29.5. The second-order valence-electron chi connectivity index (χ2n) is 8.26. The molecule has 0 bridgehead atoms. The highest BCUT2D eigenvalue weighted by molar-refractivity contribution is 7.07. The van der Waals surface area contributed by atoms with Crippen molar-refractivity contribution in [3.05, 3.63) is 78.5 Å². The van der Waals surface area contributed by atoms with E-state index < -0.39 is 12.0 Å². The van der Waals surface area contributed by atoms with E-state index in [4.69, 9.17) is 23.7 Å². The summed E-state index contributed by atoms with van der Waals surface area (Å²) in [6, 6.07) is 10.2. The number of benzene rings is 2. The lowest BCUT2D eigenvalue weighted by atomic mass is 9.95. The topological polar surface area (TPSA) is 97.6 Å². The predicted molar refractivity (Wildman–Crippen MR) is 137 cm³/mol. The Morgan fingerprint density at radius 2 is 1.86 bits per heavy atom. The van der Waals surface area contributed by atoms with E-state index in [1.807, 2.05) is 38.1 Å². The highest BCUT2D eigenvalue weighted by atomic mass is 32.1. The minimum Gasteiger partial charge on any atom is -0.490 e. The van der Waals surface area contributed by atoms with Crippen molar-refractivity contribution in [3.8, 4) is 23.0 Å². The molecule has 192 valence electrons. The second kappa shape index (κ2) is 10.1. The Hall–Kier alpha value is -4.05. The van der Waals surface area contributed by atoms with Crippen LogP contribution in [0.5, 0.6) is 23.0 Å². The molecule has 0 radical (unpaired) electrons. The first-order chi connectivity index (χ1) is 17.9. The molecule has 0 saturated carbocycles. The minimum atomic E-state index is -0.752. The SMILES string of the molecule is CCOc1ccc([C@H]2C(C(=O)OC)=C(C)N=c3s/c(=C/c4ccc5c(c4)OCO5)c(=O)n32)cc1OCC. The first-order valence-electron chi connectivity index (χ1n) is 11.8. The molecule has 0 spiro atoms. The standard InChI is InChI=1S/C27H26N2O7S/c1-5-33-18-10-8-17(13-21(18)34-6-2)24-23(26(31)32-4)15(3)28-27-29(24)25(30)22(37-27)12-16-7-9-19-20(11-16)36-14-35-19/h7-13,24H,5-6,14H2,1-4H3/b22-12+/t24-/m0/s1. The zero-order valence-corrected chi connectivity index (χ0v) is 21.7. The van der Waals surface area contributed by atoms with E-state index in [1.54, 1.807) is 25.1 Å². The van der Waals surface area contributed by atoms with E-state index in [0.717, 1.165) is 5.56 Å². The number of rotatable bonds is 7. The molecule has 0 unspecified atom stereocenters. The number of thiazole rings is 1. The lowest BCUT2D eigenvalue weighted by molar-refractivity contribution is -0.136. The Kier molecular flexibility index (Phi) is 6.75. The highest BCUT2D eigenvalue weighted by Gasteiger charge is 2.33. The Morgan fingerprint density at radius 1 is 1.11 bits per heavy atom. The molecule has 2 aliphatic heterocycles. The lowest BCUT2D eigenvalue weighted by Gasteiger charge is -2.25. The molecule has 0 saturated heterocycles. The molecule has 2 aliphatic rings. The lowest BCUT2D eigenvalue weighted by Crippen LogP contribution is -2.39. The highest BCUT2D eigenvalue weighted by Crippen LogP contribution is 2.36. The number of hydrogen-bond acceptors (Lipinski definition) is 9. The van der Waals surface area contributed by atoms with Crippen molar-refractivity contribution >= 4 is 23.4 Å². The Morgan fingerprint density at radius 3 is 2.62 bits per heavy atom. The number of methoxy groups -OCH3 is 1. The molecule has 1 aromatic heterocycles. The van der Waals surface area contributed by atoms with Gasteiger partial charge < -0.3 is 23.7 Å². The van der Waals surface area contributed by atoms with E-state index in [0.29, 0.717) is 56.8 Å². The van der Waals surface area contributed by atoms with Gasteiger partial charge in [0.05, 0.1) is 42.2 Å². The number of carbonyl (C=O) groups is 1. The maximum absolute atomic E-state index is 13.8. The first-order valence-corrected chi connectivity index (χ1v) is 12.7. The van der Waals surface area contributed by atoms with Gasteiger partial charge >= 0.3 is 5.97 Å². The maximum Gasteiger partial charge on any atom is 0.338 e. The Bertz CT molecular complexity index is 1580. The van der Waals surface area contributed by atoms with Crippen LogP contribution >= 0.6 is 11.3 Å². The number of carbonyl (C=O) groups excluding carboxylic acids is 1. The van der Waals surface area contributed by atoms with Gasteiger partial charge in [-0.1, -0.05) is 23.5 Å². The van der Waals surface area contributed by atoms with Crippen LogP contribution < -0.4 is 33.8 Å². The molecule has 1 atom stereocenters. The van der Waals surface area contributed by atoms with Crippen molar-refractivity contribution in [2.24, 2.45) is 4.99 Å². The number of aromatic nitrogens is 1. The predicted octanol–water partition coefficient (Wildman–Crippen LogP) is 2.93. The van der Waals surface area contributed by atoms with E-state index in [2.05, 4.69) is 4.99 Å². The van der Waals surface area contributed by atoms with Gasteiger partial charge in [0.25, 0.3) is 5.56 Å². The third-order valence-electron chi connectivity index (χ3n) is 6.00. The van der Waals surface area contributed by atoms with Crippen molar-refractivity contribution in [1.29, 1.82) is 0 Å². The molecular weight excluding hydrogens is 496 g/mol. The van der Waals surface area contributed by atoms with Crippen molar-refractivity contribution in [2.75, 3.05) is 27.1 Å². The fourth-order valence-electron chi connectivity index (χ4n) is 4.40. The van der Waals surface area contributed by atoms with Crippen molar-refractivity contribution in [3.63, 3.8) is 0 Å². The van der Waals surface area contributed by atoms with E-state index in [9.17, 15) is 9.59 Å². The van der Waals surface area contributed by atoms with Crippen LogP contribution in [0.4, 0.5) is 0 Å². The number of ether oxygens (including phenoxy) is 5. The van der Waals surface area contributed by atoms with Gasteiger partial charge in [-0.3, -0.25) is 9.36 Å². The first kappa shape index (κ1) is 24.6. The molecule has 5 rings (SSSR count). The molecule has 0 fully saturated rings. The Labute approximate surface area is 216 Å². The average Bonchev–Trinajstić information content (AvgIpc) is 3.48. The number of fused-ring (bicyclic) bond motifs is 2. The maximum atomic E-state index is 13.8. The van der Waals surface area contributed by atoms with Gasteiger partial charge in [0.1, 0.15) is 0 Å². The molecule has 2 aromatic carbocycles. The van der Waals surface area contributed by atoms with Gasteiger partial charge in [0, 0.05) is 0 Å². The summed E-state index contributed by atoms with van der Waals surface area (Å²) in [5.74, 6) is 1.86. The summed E-state index contributed by atoms with van der Waals surface area (Å²) in [5, 5.41) is 0. The van der Waals surface area contributed by atoms with E-state index >= 15 is 0 Å². The number of esters is 1. The fourth-order valence-corrected chi connectivity index (χ4v) is 5.45. The summed E-state index contributed by atoms with van der Waals surface area (Å²) in [7, 11) is 1.31. The number of allylic oxidation sites excluding steroid dienone is 1. The summed E-state index contributed by atoms with van der Waals surface area (Å²) in [4.78, 5) is 31.8. The molecular formula is C27H26N2O7S. The summed E-state index contributed by atoms with van der Waals surface area (Å²) >= 11 is 1.25. The smallest absolute Gasteiger partial charge is 0.338 e. The van der Waals surface area contributed by atoms with Crippen LogP contribution in [-0.2, 0) is 9.53 Å². The van der Waals surface area contributed by atoms with Gasteiger partial charge in [-0.2, -0.15) is 0 Å². The van der Waals surface area contributed by atoms with Gasteiger partial charge in [-0.25, -0.2) is 9.79 Å². The molecule has 0 N–H and O–H groups in total. The summed E-state index contributed by atoms with van der Waals surface area (Å²) in [6.07, 6.45) is 1.78. The van der Waals surface area contributed by atoms with Crippen LogP contribution in [0.15, 0.2) is 57.5 Å². The molecule has 9 nitrogen and oxygen atoms in total. The van der Waals surface area contributed by atoms with Gasteiger partial charge in [0.2, 0.25) is 6.79 Å². The van der Waals surface area contributed by atoms with Crippen molar-refractivity contribution in [1.82, 2.24) is 4.57 Å². The van der Waals surface area contributed by atoms with Crippen LogP contribution in [0.3, 0.4) is 0 Å². The average molecular weight is 523 g/mol. The van der Waals surface area contributed by atoms with Crippen molar-refractivity contribution < 1.29 is 28.5 Å². The van der Waals surface area contributed by atoms with Crippen LogP contribution in [0.25, 0.3) is 6.08 Å². The van der Waals surface area contributed by atoms with Gasteiger partial charge in [-0.05, 0) is 62.2 Å². The van der Waals surface area contributed by atoms with Crippen molar-refractivity contribution in [2.45, 2.75) is 26.8 Å². The molecule has 10 heteroatoms. The Balaban J connectivity index is 1.69. The zero-order valence-electron chi connectivity index (χ0n) is 20.9. The molecule has 0 amide bonds. The minimum absolute atomic E-state index is 0.169. The van der Waals surface area contributed by atoms with Crippen LogP contribution in [0.1, 0.15) is 37.9 Å². The largest absolute Gasteiger partial charge is 0.490 e. The van der Waals surface area contributed by atoms with Gasteiger partial charge in [0.15, 0.2) is 27.8 Å². The number of nitrogens with zero attached hydrogens (tertiary/aromatic N) is 2. The molecule has 3 aromatic rings. The molecule has 0 aliphatic carbocycles. The van der Waals surface area contributed by atoms with E-state index in [1.165, 1.54) is 23.0 Å². The monoisotopic (exact) mass is 522 g/mol. The molecule has 3 heterocycles. The normalized spacial score (nSPS) is 16.3. The quantitative estimate of drug-likeness (QED) is 0.440. The van der Waals surface area contributed by atoms with E-state index in [-0.39, 0.29) is 17.9 Å². The summed E-state index contributed by atoms with van der Waals surface area (Å²) in [6.45, 7) is 6.59. The third-order valence-corrected chi connectivity index (χ3v) is 6.99. The molecule has 37 heavy (non-hydrogen) atoms. The fraction of sp³-hybridized carbons (Fsp3) is 0.296. The summed E-state index contributed by atoms with van der Waals surface area (Å²) in [5.41, 5.74) is 1.97.